The van der Waals surface area contributed by atoms with Crippen molar-refractivity contribution in [3.63, 3.8) is 0 Å². The van der Waals surface area contributed by atoms with Gasteiger partial charge in [0, 0.05) is 30.9 Å². The molecule has 6 nitrogen and oxygen atoms in total. The maximum atomic E-state index is 14.0. The Bertz CT molecular complexity index is 1060. The van der Waals surface area contributed by atoms with Crippen LogP contribution in [-0.2, 0) is 6.42 Å². The lowest BCUT2D eigenvalue weighted by Crippen LogP contribution is -2.02. The fourth-order valence-corrected chi connectivity index (χ4v) is 2.97. The molecule has 1 N–H and O–H groups in total. The highest BCUT2D eigenvalue weighted by Gasteiger charge is 2.28. The molecule has 124 valence electrons. The number of hydrogen-bond donors (Lipinski definition) is 1. The molecule has 25 heavy (non-hydrogen) atoms. The Morgan fingerprint density at radius 3 is 2.92 bits per heavy atom. The summed E-state index contributed by atoms with van der Waals surface area (Å²) >= 11 is 0. The van der Waals surface area contributed by atoms with E-state index in [1.165, 1.54) is 6.07 Å². The summed E-state index contributed by atoms with van der Waals surface area (Å²) in [6.07, 6.45) is 8.08. The number of nitrogens with one attached hydrogen (secondary N) is 1. The number of halogens is 1. The van der Waals surface area contributed by atoms with Crippen molar-refractivity contribution in [2.24, 2.45) is 0 Å². The third-order valence-electron chi connectivity index (χ3n) is 4.45. The van der Waals surface area contributed by atoms with E-state index in [4.69, 9.17) is 0 Å². The van der Waals surface area contributed by atoms with Crippen molar-refractivity contribution in [2.75, 3.05) is 0 Å². The van der Waals surface area contributed by atoms with Gasteiger partial charge in [0.1, 0.15) is 11.5 Å². The Morgan fingerprint density at radius 2 is 2.08 bits per heavy atom. The Morgan fingerprint density at radius 1 is 1.20 bits per heavy atom. The van der Waals surface area contributed by atoms with Gasteiger partial charge in [-0.25, -0.2) is 19.3 Å². The molecule has 0 radical (unpaired) electrons. The molecule has 0 bridgehead atoms. The van der Waals surface area contributed by atoms with Crippen LogP contribution in [0, 0.1) is 5.82 Å². The van der Waals surface area contributed by atoms with E-state index >= 15 is 0 Å². The minimum absolute atomic E-state index is 0.241. The van der Waals surface area contributed by atoms with Gasteiger partial charge >= 0.3 is 0 Å². The molecular weight excluding hydrogens is 319 g/mol. The summed E-state index contributed by atoms with van der Waals surface area (Å²) in [6.45, 7) is 0. The summed E-state index contributed by atoms with van der Waals surface area (Å²) in [5.41, 5.74) is 2.69. The summed E-state index contributed by atoms with van der Waals surface area (Å²) < 4.78 is 15.9. The molecule has 0 aliphatic heterocycles. The van der Waals surface area contributed by atoms with E-state index in [1.54, 1.807) is 18.3 Å². The first kappa shape index (κ1) is 14.3. The van der Waals surface area contributed by atoms with Crippen LogP contribution in [0.25, 0.3) is 17.2 Å². The lowest BCUT2D eigenvalue weighted by molar-refractivity contribution is 0.613. The summed E-state index contributed by atoms with van der Waals surface area (Å²) in [6, 6.07) is 6.73. The Labute approximate surface area is 142 Å². The van der Waals surface area contributed by atoms with E-state index in [-0.39, 0.29) is 5.82 Å². The quantitative estimate of drug-likeness (QED) is 0.622. The highest BCUT2D eigenvalue weighted by Crippen LogP contribution is 2.38. The lowest BCUT2D eigenvalue weighted by atomic mass is 10.1. The van der Waals surface area contributed by atoms with Crippen LogP contribution in [0.4, 0.5) is 4.39 Å². The molecule has 1 fully saturated rings. The lowest BCUT2D eigenvalue weighted by Gasteiger charge is -2.07. The maximum Gasteiger partial charge on any atom is 0.176 e. The number of aromatic nitrogens is 6. The van der Waals surface area contributed by atoms with E-state index in [1.807, 2.05) is 22.9 Å². The van der Waals surface area contributed by atoms with Crippen molar-refractivity contribution in [1.82, 2.24) is 29.5 Å². The third-order valence-corrected chi connectivity index (χ3v) is 4.45. The van der Waals surface area contributed by atoms with Crippen LogP contribution >= 0.6 is 0 Å². The molecule has 0 amide bonds. The maximum absolute atomic E-state index is 14.0. The molecule has 0 unspecified atom stereocenters. The minimum Gasteiger partial charge on any atom is -0.303 e. The van der Waals surface area contributed by atoms with E-state index in [0.717, 1.165) is 18.7 Å². The average molecular weight is 334 g/mol. The van der Waals surface area contributed by atoms with Crippen LogP contribution in [0.2, 0.25) is 0 Å². The van der Waals surface area contributed by atoms with E-state index in [0.29, 0.717) is 40.8 Å². The van der Waals surface area contributed by atoms with Gasteiger partial charge in [0.15, 0.2) is 17.3 Å². The molecule has 1 aliphatic rings. The van der Waals surface area contributed by atoms with Crippen LogP contribution in [0.5, 0.6) is 0 Å². The second-order valence-corrected chi connectivity index (χ2v) is 6.32. The highest BCUT2D eigenvalue weighted by atomic mass is 19.1. The molecule has 1 aliphatic carbocycles. The summed E-state index contributed by atoms with van der Waals surface area (Å²) in [5, 5.41) is 7.26. The van der Waals surface area contributed by atoms with E-state index in [9.17, 15) is 4.39 Å². The molecule has 0 spiro atoms. The van der Waals surface area contributed by atoms with Crippen LogP contribution in [0.15, 0.2) is 42.9 Å². The number of rotatable bonds is 4. The third kappa shape index (κ3) is 2.57. The second-order valence-electron chi connectivity index (χ2n) is 6.32. The topological polar surface area (TPSA) is 71.8 Å². The summed E-state index contributed by atoms with van der Waals surface area (Å²) in [7, 11) is 0. The highest BCUT2D eigenvalue weighted by molar-refractivity contribution is 5.55. The Balaban J connectivity index is 1.59. The Kier molecular flexibility index (Phi) is 3.12. The first-order valence-electron chi connectivity index (χ1n) is 8.26. The molecule has 1 aromatic carbocycles. The van der Waals surface area contributed by atoms with Crippen molar-refractivity contribution < 1.29 is 4.39 Å². The molecule has 3 heterocycles. The number of imidazole rings is 1. The fraction of sp³-hybridized carbons (Fsp3) is 0.222. The number of H-pyrrole nitrogens is 1. The SMILES string of the molecule is Fc1ccccc1Cc1nc(-c2nc(C3CC3)n[nH]2)cn2ccnc12. The van der Waals surface area contributed by atoms with Gasteiger partial charge in [-0.05, 0) is 24.5 Å². The second kappa shape index (κ2) is 5.47. The van der Waals surface area contributed by atoms with Gasteiger partial charge in [-0.1, -0.05) is 18.2 Å². The van der Waals surface area contributed by atoms with Crippen LogP contribution in [0.3, 0.4) is 0 Å². The molecule has 0 atom stereocenters. The van der Waals surface area contributed by atoms with E-state index < -0.39 is 0 Å². The zero-order valence-corrected chi connectivity index (χ0v) is 13.4. The van der Waals surface area contributed by atoms with Gasteiger partial charge < -0.3 is 4.40 Å². The van der Waals surface area contributed by atoms with E-state index in [2.05, 4.69) is 25.1 Å². The van der Waals surface area contributed by atoms with Gasteiger partial charge in [0.2, 0.25) is 0 Å². The van der Waals surface area contributed by atoms with Crippen LogP contribution < -0.4 is 0 Å². The smallest absolute Gasteiger partial charge is 0.176 e. The summed E-state index contributed by atoms with van der Waals surface area (Å²) in [4.78, 5) is 13.6. The van der Waals surface area contributed by atoms with Crippen LogP contribution in [-0.4, -0.2) is 29.5 Å². The number of benzene rings is 1. The summed E-state index contributed by atoms with van der Waals surface area (Å²) in [5.74, 6) is 1.71. The number of fused-ring (bicyclic) bond motifs is 1. The molecule has 4 aromatic rings. The predicted octanol–water partition coefficient (Wildman–Crippen LogP) is 3.12. The van der Waals surface area contributed by atoms with Crippen molar-refractivity contribution in [3.8, 4) is 11.5 Å². The van der Waals surface area contributed by atoms with Gasteiger partial charge in [0.05, 0.1) is 5.69 Å². The minimum atomic E-state index is -0.241. The largest absolute Gasteiger partial charge is 0.303 e. The van der Waals surface area contributed by atoms with Gasteiger partial charge in [-0.2, -0.15) is 5.10 Å². The standard InChI is InChI=1S/C18H15FN6/c19-13-4-2-1-3-12(13)9-14-18-20-7-8-25(18)10-15(21-14)17-22-16(23-24-17)11-5-6-11/h1-4,7-8,10-11H,5-6,9H2,(H,22,23,24). The average Bonchev–Trinajstić information content (AvgIpc) is 3.16. The van der Waals surface area contributed by atoms with Gasteiger partial charge in [-0.3, -0.25) is 5.10 Å². The van der Waals surface area contributed by atoms with Gasteiger partial charge in [0.25, 0.3) is 0 Å². The molecule has 3 aromatic heterocycles. The van der Waals surface area contributed by atoms with Crippen molar-refractivity contribution in [3.05, 3.63) is 65.8 Å². The molecule has 1 saturated carbocycles. The zero-order valence-electron chi connectivity index (χ0n) is 13.4. The first-order chi connectivity index (χ1) is 12.3. The normalized spacial score (nSPS) is 14.3. The zero-order chi connectivity index (χ0) is 16.8. The number of nitrogens with zero attached hydrogens (tertiary/aromatic N) is 5. The van der Waals surface area contributed by atoms with Crippen LogP contribution in [0.1, 0.15) is 35.8 Å². The molecule has 5 rings (SSSR count). The molecule has 0 saturated heterocycles. The first-order valence-corrected chi connectivity index (χ1v) is 8.26. The monoisotopic (exact) mass is 334 g/mol. The van der Waals surface area contributed by atoms with Gasteiger partial charge in [-0.15, -0.1) is 0 Å². The number of aromatic amines is 1. The van der Waals surface area contributed by atoms with Crippen molar-refractivity contribution >= 4 is 5.65 Å². The molecular formula is C18H15FN6. The number of hydrogen-bond acceptors (Lipinski definition) is 4. The fourth-order valence-electron chi connectivity index (χ4n) is 2.97. The van der Waals surface area contributed by atoms with Crippen molar-refractivity contribution in [1.29, 1.82) is 0 Å². The van der Waals surface area contributed by atoms with Crippen molar-refractivity contribution in [2.45, 2.75) is 25.2 Å². The Hall–Kier alpha value is -3.09. The molecule has 7 heteroatoms. The predicted molar refractivity (Wildman–Crippen MR) is 89.5 cm³/mol.